The summed E-state index contributed by atoms with van der Waals surface area (Å²) in [6, 6.07) is 7.77. The third-order valence-electron chi connectivity index (χ3n) is 7.07. The number of aryl methyl sites for hydroxylation is 2. The number of imidazole rings is 1. The van der Waals surface area contributed by atoms with E-state index < -0.39 is 11.2 Å². The van der Waals surface area contributed by atoms with E-state index in [2.05, 4.69) is 16.7 Å². The zero-order valence-corrected chi connectivity index (χ0v) is 20.7. The molecular formula is C26H31N7O3. The first kappa shape index (κ1) is 23.9. The van der Waals surface area contributed by atoms with Gasteiger partial charge in [-0.2, -0.15) is 4.98 Å². The van der Waals surface area contributed by atoms with Crippen molar-refractivity contribution in [3.05, 3.63) is 50.7 Å². The van der Waals surface area contributed by atoms with Gasteiger partial charge in [-0.05, 0) is 44.2 Å². The molecule has 2 aliphatic heterocycles. The number of para-hydroxylation sites is 1. The predicted molar refractivity (Wildman–Crippen MR) is 139 cm³/mol. The number of hydrogen-bond acceptors (Lipinski definition) is 6. The van der Waals surface area contributed by atoms with E-state index in [4.69, 9.17) is 10.7 Å². The highest BCUT2D eigenvalue weighted by Gasteiger charge is 2.28. The van der Waals surface area contributed by atoms with Gasteiger partial charge < -0.3 is 15.5 Å². The molecule has 0 spiro atoms. The molecule has 188 valence electrons. The third-order valence-corrected chi connectivity index (χ3v) is 7.07. The Morgan fingerprint density at radius 2 is 1.97 bits per heavy atom. The normalized spacial score (nSPS) is 17.6. The van der Waals surface area contributed by atoms with Crippen LogP contribution in [0.1, 0.15) is 31.7 Å². The van der Waals surface area contributed by atoms with Crippen LogP contribution in [0.5, 0.6) is 0 Å². The summed E-state index contributed by atoms with van der Waals surface area (Å²) in [6.45, 7) is 3.55. The molecule has 2 aromatic heterocycles. The van der Waals surface area contributed by atoms with Crippen molar-refractivity contribution < 1.29 is 4.79 Å². The van der Waals surface area contributed by atoms with Crippen LogP contribution in [0.4, 0.5) is 11.6 Å². The van der Waals surface area contributed by atoms with Crippen molar-refractivity contribution in [2.45, 2.75) is 51.7 Å². The van der Waals surface area contributed by atoms with Gasteiger partial charge in [0.05, 0.1) is 6.54 Å². The molecule has 1 aromatic carbocycles. The molecule has 0 bridgehead atoms. The Labute approximate surface area is 208 Å². The highest BCUT2D eigenvalue weighted by Crippen LogP contribution is 2.27. The van der Waals surface area contributed by atoms with Crippen molar-refractivity contribution in [1.29, 1.82) is 0 Å². The molecule has 36 heavy (non-hydrogen) atoms. The second-order valence-corrected chi connectivity index (χ2v) is 9.46. The van der Waals surface area contributed by atoms with E-state index in [1.54, 1.807) is 23.4 Å². The summed E-state index contributed by atoms with van der Waals surface area (Å²) in [6.07, 6.45) is 3.57. The van der Waals surface area contributed by atoms with Crippen LogP contribution in [0.2, 0.25) is 0 Å². The van der Waals surface area contributed by atoms with Gasteiger partial charge in [0.2, 0.25) is 11.9 Å². The predicted octanol–water partition coefficient (Wildman–Crippen LogP) is 0.827. The minimum absolute atomic E-state index is 0.00907. The number of carbonyl (C=O) groups is 1. The quantitative estimate of drug-likeness (QED) is 0.544. The number of anilines is 2. The van der Waals surface area contributed by atoms with Crippen LogP contribution >= 0.6 is 0 Å². The van der Waals surface area contributed by atoms with Crippen molar-refractivity contribution >= 4 is 28.7 Å². The van der Waals surface area contributed by atoms with Crippen molar-refractivity contribution in [2.24, 2.45) is 12.8 Å². The Balaban J connectivity index is 1.60. The van der Waals surface area contributed by atoms with E-state index >= 15 is 0 Å². The molecule has 0 radical (unpaired) electrons. The van der Waals surface area contributed by atoms with Crippen molar-refractivity contribution in [1.82, 2.24) is 18.7 Å². The number of carbonyl (C=O) groups excluding carboxylic acids is 1. The second-order valence-electron chi connectivity index (χ2n) is 9.46. The van der Waals surface area contributed by atoms with E-state index in [9.17, 15) is 14.4 Å². The minimum Gasteiger partial charge on any atom is -0.341 e. The summed E-state index contributed by atoms with van der Waals surface area (Å²) in [5, 5.41) is 0. The lowest BCUT2D eigenvalue weighted by Crippen LogP contribution is -2.46. The number of nitrogens with zero attached hydrogens (tertiary/aromatic N) is 6. The van der Waals surface area contributed by atoms with E-state index in [0.717, 1.165) is 48.0 Å². The third kappa shape index (κ3) is 4.09. The minimum atomic E-state index is -0.570. The molecule has 0 saturated carbocycles. The van der Waals surface area contributed by atoms with Gasteiger partial charge in [-0.15, -0.1) is 5.92 Å². The van der Waals surface area contributed by atoms with E-state index in [0.29, 0.717) is 19.0 Å². The van der Waals surface area contributed by atoms with E-state index in [1.165, 1.54) is 4.57 Å². The van der Waals surface area contributed by atoms with Gasteiger partial charge in [0, 0.05) is 38.4 Å². The van der Waals surface area contributed by atoms with Gasteiger partial charge in [-0.3, -0.25) is 18.7 Å². The van der Waals surface area contributed by atoms with Gasteiger partial charge in [-0.25, -0.2) is 9.36 Å². The Morgan fingerprint density at radius 1 is 1.17 bits per heavy atom. The fourth-order valence-corrected chi connectivity index (χ4v) is 5.25. The SMILES string of the molecule is CC#CCn1c(N2CCC[C@@H](N)C2)nc2c1c(=O)n(CC(=O)N1CCCc3ccccc31)c(=O)n2C. The van der Waals surface area contributed by atoms with Crippen molar-refractivity contribution in [2.75, 3.05) is 29.4 Å². The molecule has 4 heterocycles. The lowest BCUT2D eigenvalue weighted by atomic mass is 10.0. The van der Waals surface area contributed by atoms with Gasteiger partial charge in [0.15, 0.2) is 11.2 Å². The van der Waals surface area contributed by atoms with Crippen molar-refractivity contribution in [3.8, 4) is 11.8 Å². The fourth-order valence-electron chi connectivity index (χ4n) is 5.25. The standard InChI is InChI=1S/C26H31N7O3/c1-3-4-14-32-22-23(28-25(32)30-13-8-11-19(27)16-30)29(2)26(36)33(24(22)35)17-21(34)31-15-7-10-18-9-5-6-12-20(18)31/h5-6,9,12,19H,7-8,10-11,13-17,27H2,1-2H3/t19-/m1/s1. The average molecular weight is 490 g/mol. The van der Waals surface area contributed by atoms with Gasteiger partial charge in [-0.1, -0.05) is 24.1 Å². The molecule has 10 nitrogen and oxygen atoms in total. The van der Waals surface area contributed by atoms with E-state index in [-0.39, 0.29) is 36.2 Å². The van der Waals surface area contributed by atoms with Gasteiger partial charge in [0.1, 0.15) is 6.54 Å². The van der Waals surface area contributed by atoms with Gasteiger partial charge in [0.25, 0.3) is 5.56 Å². The Morgan fingerprint density at radius 3 is 2.75 bits per heavy atom. The molecule has 2 N–H and O–H groups in total. The number of fused-ring (bicyclic) bond motifs is 2. The zero-order chi connectivity index (χ0) is 25.4. The zero-order valence-electron chi connectivity index (χ0n) is 20.7. The summed E-state index contributed by atoms with van der Waals surface area (Å²) in [7, 11) is 1.58. The number of rotatable bonds is 4. The van der Waals surface area contributed by atoms with Crippen LogP contribution in [0, 0.1) is 11.8 Å². The number of nitrogens with two attached hydrogens (primary N) is 1. The smallest absolute Gasteiger partial charge is 0.332 e. The number of aromatic nitrogens is 4. The molecule has 1 amide bonds. The topological polar surface area (TPSA) is 111 Å². The van der Waals surface area contributed by atoms with Crippen LogP contribution in [0.25, 0.3) is 11.2 Å². The number of benzene rings is 1. The molecule has 2 aliphatic rings. The largest absolute Gasteiger partial charge is 0.341 e. The Bertz CT molecular complexity index is 1500. The summed E-state index contributed by atoms with van der Waals surface area (Å²) < 4.78 is 4.12. The highest BCUT2D eigenvalue weighted by molar-refractivity contribution is 5.94. The monoisotopic (exact) mass is 489 g/mol. The number of amides is 1. The maximum Gasteiger partial charge on any atom is 0.332 e. The van der Waals surface area contributed by atoms with Crippen LogP contribution in [-0.2, 0) is 31.4 Å². The molecule has 1 fully saturated rings. The molecule has 3 aromatic rings. The summed E-state index contributed by atoms with van der Waals surface area (Å²) in [4.78, 5) is 48.8. The lowest BCUT2D eigenvalue weighted by molar-refractivity contribution is -0.119. The Hall–Kier alpha value is -3.84. The Kier molecular flexibility index (Phi) is 6.41. The molecule has 10 heteroatoms. The first-order chi connectivity index (χ1) is 17.4. The fraction of sp³-hybridized carbons (Fsp3) is 0.462. The molecular weight excluding hydrogens is 458 g/mol. The molecule has 0 unspecified atom stereocenters. The van der Waals surface area contributed by atoms with Crippen LogP contribution < -0.4 is 26.8 Å². The first-order valence-corrected chi connectivity index (χ1v) is 12.4. The summed E-state index contributed by atoms with van der Waals surface area (Å²) >= 11 is 0. The molecule has 1 atom stereocenters. The second kappa shape index (κ2) is 9.66. The van der Waals surface area contributed by atoms with Crippen LogP contribution in [0.3, 0.4) is 0 Å². The maximum atomic E-state index is 13.7. The first-order valence-electron chi connectivity index (χ1n) is 12.4. The van der Waals surface area contributed by atoms with Crippen molar-refractivity contribution in [3.63, 3.8) is 0 Å². The molecule has 1 saturated heterocycles. The maximum absolute atomic E-state index is 13.7. The molecule has 5 rings (SSSR count). The van der Waals surface area contributed by atoms with Crippen LogP contribution in [0.15, 0.2) is 33.9 Å². The lowest BCUT2D eigenvalue weighted by Gasteiger charge is -2.31. The molecule has 0 aliphatic carbocycles. The summed E-state index contributed by atoms with van der Waals surface area (Å²) in [5.41, 5.74) is 7.57. The van der Waals surface area contributed by atoms with Crippen LogP contribution in [-0.4, -0.2) is 50.3 Å². The highest BCUT2D eigenvalue weighted by atomic mass is 16.2. The van der Waals surface area contributed by atoms with E-state index in [1.807, 2.05) is 24.3 Å². The number of hydrogen-bond donors (Lipinski definition) is 1. The summed E-state index contributed by atoms with van der Waals surface area (Å²) in [5.74, 6) is 6.18. The number of piperidine rings is 1. The van der Waals surface area contributed by atoms with Gasteiger partial charge >= 0.3 is 5.69 Å². The average Bonchev–Trinajstić information content (AvgIpc) is 3.28.